The number of benzene rings is 2. The van der Waals surface area contributed by atoms with Gasteiger partial charge >= 0.3 is 0 Å². The Morgan fingerprint density at radius 3 is 2.35 bits per heavy atom. The SMILES string of the molecule is CCC(Nc1ccccc1N(C)C)c1ccccc1F. The summed E-state index contributed by atoms with van der Waals surface area (Å²) in [6.45, 7) is 2.06. The fourth-order valence-corrected chi connectivity index (χ4v) is 2.33. The van der Waals surface area contributed by atoms with Gasteiger partial charge in [-0.25, -0.2) is 4.39 Å². The number of para-hydroxylation sites is 2. The van der Waals surface area contributed by atoms with Gasteiger partial charge in [0, 0.05) is 19.7 Å². The van der Waals surface area contributed by atoms with E-state index >= 15 is 0 Å². The number of halogens is 1. The van der Waals surface area contributed by atoms with Gasteiger partial charge in [-0.15, -0.1) is 0 Å². The van der Waals surface area contributed by atoms with E-state index in [2.05, 4.69) is 23.2 Å². The van der Waals surface area contributed by atoms with Crippen molar-refractivity contribution in [3.63, 3.8) is 0 Å². The van der Waals surface area contributed by atoms with E-state index in [1.165, 1.54) is 6.07 Å². The Morgan fingerprint density at radius 1 is 1.05 bits per heavy atom. The lowest BCUT2D eigenvalue weighted by Gasteiger charge is -2.24. The van der Waals surface area contributed by atoms with E-state index in [1.54, 1.807) is 6.07 Å². The standard InChI is InChI=1S/C17H21FN2/c1-4-15(13-9-5-6-10-14(13)18)19-16-11-7-8-12-17(16)20(2)3/h5-12,15,19H,4H2,1-3H3. The van der Waals surface area contributed by atoms with E-state index in [0.29, 0.717) is 5.56 Å². The third-order valence-electron chi connectivity index (χ3n) is 3.40. The second-order valence-electron chi connectivity index (χ2n) is 5.04. The van der Waals surface area contributed by atoms with Gasteiger partial charge in [-0.2, -0.15) is 0 Å². The number of hydrogen-bond donors (Lipinski definition) is 1. The summed E-state index contributed by atoms with van der Waals surface area (Å²) in [4.78, 5) is 2.05. The summed E-state index contributed by atoms with van der Waals surface area (Å²) in [5.41, 5.74) is 2.83. The molecule has 0 radical (unpaired) electrons. The molecule has 2 rings (SSSR count). The molecule has 0 aliphatic heterocycles. The Kier molecular flexibility index (Phi) is 4.61. The number of hydrogen-bond acceptors (Lipinski definition) is 2. The van der Waals surface area contributed by atoms with Gasteiger partial charge in [0.05, 0.1) is 17.4 Å². The molecular formula is C17H21FN2. The van der Waals surface area contributed by atoms with Gasteiger partial charge in [-0.1, -0.05) is 37.3 Å². The summed E-state index contributed by atoms with van der Waals surface area (Å²) in [6.07, 6.45) is 0.822. The average Bonchev–Trinajstić information content (AvgIpc) is 2.46. The van der Waals surface area contributed by atoms with Crippen LogP contribution in [0.15, 0.2) is 48.5 Å². The van der Waals surface area contributed by atoms with Gasteiger partial charge in [-0.05, 0) is 24.6 Å². The predicted octanol–water partition coefficient (Wildman–Crippen LogP) is 4.45. The van der Waals surface area contributed by atoms with E-state index in [-0.39, 0.29) is 11.9 Å². The lowest BCUT2D eigenvalue weighted by atomic mass is 10.0. The van der Waals surface area contributed by atoms with E-state index in [0.717, 1.165) is 17.8 Å². The Balaban J connectivity index is 2.30. The van der Waals surface area contributed by atoms with Crippen LogP contribution in [0.4, 0.5) is 15.8 Å². The molecule has 0 saturated carbocycles. The molecule has 0 amide bonds. The normalized spacial score (nSPS) is 12.0. The van der Waals surface area contributed by atoms with E-state index in [1.807, 2.05) is 44.4 Å². The van der Waals surface area contributed by atoms with Crippen molar-refractivity contribution in [2.75, 3.05) is 24.3 Å². The van der Waals surface area contributed by atoms with E-state index in [9.17, 15) is 4.39 Å². The molecule has 106 valence electrons. The van der Waals surface area contributed by atoms with Gasteiger partial charge < -0.3 is 10.2 Å². The van der Waals surface area contributed by atoms with E-state index < -0.39 is 0 Å². The van der Waals surface area contributed by atoms with Crippen LogP contribution >= 0.6 is 0 Å². The molecule has 0 aliphatic rings. The third kappa shape index (κ3) is 3.10. The minimum atomic E-state index is -0.158. The minimum absolute atomic E-state index is 0.0303. The first kappa shape index (κ1) is 14.4. The van der Waals surface area contributed by atoms with Crippen LogP contribution in [0.3, 0.4) is 0 Å². The van der Waals surface area contributed by atoms with Crippen molar-refractivity contribution < 1.29 is 4.39 Å². The smallest absolute Gasteiger partial charge is 0.128 e. The molecule has 0 bridgehead atoms. The molecule has 1 atom stereocenters. The summed E-state index contributed by atoms with van der Waals surface area (Å²) >= 11 is 0. The highest BCUT2D eigenvalue weighted by molar-refractivity contribution is 5.69. The molecule has 1 unspecified atom stereocenters. The topological polar surface area (TPSA) is 15.3 Å². The Labute approximate surface area is 120 Å². The summed E-state index contributed by atoms with van der Waals surface area (Å²) in [5, 5.41) is 3.45. The number of anilines is 2. The highest BCUT2D eigenvalue weighted by Crippen LogP contribution is 2.30. The highest BCUT2D eigenvalue weighted by Gasteiger charge is 2.15. The van der Waals surface area contributed by atoms with Gasteiger partial charge in [0.25, 0.3) is 0 Å². The largest absolute Gasteiger partial charge is 0.376 e. The summed E-state index contributed by atoms with van der Waals surface area (Å²) in [7, 11) is 4.01. The fourth-order valence-electron chi connectivity index (χ4n) is 2.33. The Bertz CT molecular complexity index is 566. The van der Waals surface area contributed by atoms with Gasteiger partial charge in [0.1, 0.15) is 5.82 Å². The molecular weight excluding hydrogens is 251 g/mol. The second-order valence-corrected chi connectivity index (χ2v) is 5.04. The van der Waals surface area contributed by atoms with Crippen LogP contribution in [0.25, 0.3) is 0 Å². The van der Waals surface area contributed by atoms with Crippen molar-refractivity contribution in [3.8, 4) is 0 Å². The first-order valence-electron chi connectivity index (χ1n) is 6.90. The zero-order chi connectivity index (χ0) is 14.5. The Hall–Kier alpha value is -2.03. The zero-order valence-electron chi connectivity index (χ0n) is 12.2. The van der Waals surface area contributed by atoms with Crippen molar-refractivity contribution >= 4 is 11.4 Å². The van der Waals surface area contributed by atoms with Gasteiger partial charge in [0.2, 0.25) is 0 Å². The lowest BCUT2D eigenvalue weighted by Crippen LogP contribution is -2.16. The van der Waals surface area contributed by atoms with E-state index in [4.69, 9.17) is 0 Å². The molecule has 0 saturated heterocycles. The van der Waals surface area contributed by atoms with Gasteiger partial charge in [0.15, 0.2) is 0 Å². The number of rotatable bonds is 5. The maximum absolute atomic E-state index is 13.9. The molecule has 20 heavy (non-hydrogen) atoms. The molecule has 2 aromatic carbocycles. The van der Waals surface area contributed by atoms with Crippen molar-refractivity contribution in [2.45, 2.75) is 19.4 Å². The molecule has 2 aromatic rings. The number of nitrogens with zero attached hydrogens (tertiary/aromatic N) is 1. The second kappa shape index (κ2) is 6.42. The van der Waals surface area contributed by atoms with Crippen molar-refractivity contribution in [3.05, 3.63) is 59.9 Å². The predicted molar refractivity (Wildman–Crippen MR) is 83.8 cm³/mol. The average molecular weight is 272 g/mol. The minimum Gasteiger partial charge on any atom is -0.376 e. The van der Waals surface area contributed by atoms with Gasteiger partial charge in [-0.3, -0.25) is 0 Å². The molecule has 0 aromatic heterocycles. The van der Waals surface area contributed by atoms with Crippen LogP contribution in [0.1, 0.15) is 24.9 Å². The molecule has 2 nitrogen and oxygen atoms in total. The highest BCUT2D eigenvalue weighted by atomic mass is 19.1. The Morgan fingerprint density at radius 2 is 1.70 bits per heavy atom. The monoisotopic (exact) mass is 272 g/mol. The third-order valence-corrected chi connectivity index (χ3v) is 3.40. The first-order chi connectivity index (χ1) is 9.63. The van der Waals surface area contributed by atoms with Crippen LogP contribution in [0.2, 0.25) is 0 Å². The van der Waals surface area contributed by atoms with Crippen LogP contribution < -0.4 is 10.2 Å². The van der Waals surface area contributed by atoms with Crippen LogP contribution in [-0.4, -0.2) is 14.1 Å². The van der Waals surface area contributed by atoms with Crippen molar-refractivity contribution in [1.29, 1.82) is 0 Å². The molecule has 0 aliphatic carbocycles. The molecule has 0 heterocycles. The fraction of sp³-hybridized carbons (Fsp3) is 0.294. The summed E-state index contributed by atoms with van der Waals surface area (Å²) in [6, 6.07) is 15.0. The van der Waals surface area contributed by atoms with Crippen molar-refractivity contribution in [1.82, 2.24) is 0 Å². The van der Waals surface area contributed by atoms with Crippen molar-refractivity contribution in [2.24, 2.45) is 0 Å². The first-order valence-corrected chi connectivity index (χ1v) is 6.90. The summed E-state index contributed by atoms with van der Waals surface area (Å²) in [5.74, 6) is -0.158. The molecule has 0 spiro atoms. The maximum Gasteiger partial charge on any atom is 0.128 e. The molecule has 3 heteroatoms. The van der Waals surface area contributed by atoms with Crippen LogP contribution in [0.5, 0.6) is 0 Å². The van der Waals surface area contributed by atoms with Crippen LogP contribution in [0, 0.1) is 5.82 Å². The number of nitrogens with one attached hydrogen (secondary N) is 1. The molecule has 1 N–H and O–H groups in total. The quantitative estimate of drug-likeness (QED) is 0.864. The molecule has 0 fully saturated rings. The summed E-state index contributed by atoms with van der Waals surface area (Å²) < 4.78 is 13.9. The van der Waals surface area contributed by atoms with Crippen LogP contribution in [-0.2, 0) is 0 Å². The lowest BCUT2D eigenvalue weighted by molar-refractivity contribution is 0.587. The maximum atomic E-state index is 13.9. The zero-order valence-corrected chi connectivity index (χ0v) is 12.2.